The molecule has 8 heteroatoms. The van der Waals surface area contributed by atoms with Gasteiger partial charge >= 0.3 is 5.97 Å². The number of methoxy groups -OCH3 is 1. The Hall–Kier alpha value is -2.71. The third-order valence-electron chi connectivity index (χ3n) is 4.03. The van der Waals surface area contributed by atoms with E-state index < -0.39 is 34.0 Å². The van der Waals surface area contributed by atoms with E-state index in [0.717, 1.165) is 5.56 Å². The molecule has 0 aromatic heterocycles. The first-order valence-corrected chi connectivity index (χ1v) is 10.4. The highest BCUT2D eigenvalue weighted by molar-refractivity contribution is 7.88. The SMILES string of the molecule is COC(=O)[C@H](C)NC(=O)[C@@H](Cc1ccccc1)NS(=O)(=O)Cc1ccccc1. The van der Waals surface area contributed by atoms with Crippen LogP contribution in [0.25, 0.3) is 0 Å². The van der Waals surface area contributed by atoms with Gasteiger partial charge in [0.25, 0.3) is 0 Å². The Morgan fingerprint density at radius 3 is 2.04 bits per heavy atom. The van der Waals surface area contributed by atoms with Crippen LogP contribution in [0.1, 0.15) is 18.1 Å². The lowest BCUT2D eigenvalue weighted by Crippen LogP contribution is -2.52. The Balaban J connectivity index is 2.17. The van der Waals surface area contributed by atoms with Crippen molar-refractivity contribution in [3.8, 4) is 0 Å². The smallest absolute Gasteiger partial charge is 0.328 e. The van der Waals surface area contributed by atoms with Crippen molar-refractivity contribution in [1.29, 1.82) is 0 Å². The molecule has 0 spiro atoms. The van der Waals surface area contributed by atoms with Gasteiger partial charge in [0, 0.05) is 0 Å². The molecule has 0 aliphatic heterocycles. The zero-order valence-corrected chi connectivity index (χ0v) is 16.6. The maximum absolute atomic E-state index is 12.7. The molecule has 0 aliphatic carbocycles. The molecule has 28 heavy (non-hydrogen) atoms. The standard InChI is InChI=1S/C20H24N2O5S/c1-15(20(24)27-2)21-19(23)18(13-16-9-5-3-6-10-16)22-28(25,26)14-17-11-7-4-8-12-17/h3-12,15,18,22H,13-14H2,1-2H3,(H,21,23)/t15-,18+/m0/s1. The molecule has 150 valence electrons. The van der Waals surface area contributed by atoms with Crippen LogP contribution < -0.4 is 10.0 Å². The Morgan fingerprint density at radius 2 is 1.50 bits per heavy atom. The molecule has 7 nitrogen and oxygen atoms in total. The van der Waals surface area contributed by atoms with Crippen LogP contribution in [-0.4, -0.2) is 39.5 Å². The molecule has 2 N–H and O–H groups in total. The van der Waals surface area contributed by atoms with Crippen molar-refractivity contribution in [3.63, 3.8) is 0 Å². The summed E-state index contributed by atoms with van der Waals surface area (Å²) >= 11 is 0. The van der Waals surface area contributed by atoms with Gasteiger partial charge < -0.3 is 10.1 Å². The van der Waals surface area contributed by atoms with Crippen LogP contribution in [0.4, 0.5) is 0 Å². The summed E-state index contributed by atoms with van der Waals surface area (Å²) in [4.78, 5) is 24.2. The molecule has 2 rings (SSSR count). The average molecular weight is 404 g/mol. The van der Waals surface area contributed by atoms with E-state index in [2.05, 4.69) is 14.8 Å². The Morgan fingerprint density at radius 1 is 0.964 bits per heavy atom. The minimum atomic E-state index is -3.79. The van der Waals surface area contributed by atoms with Crippen molar-refractivity contribution >= 4 is 21.9 Å². The lowest BCUT2D eigenvalue weighted by atomic mass is 10.1. The number of esters is 1. The lowest BCUT2D eigenvalue weighted by Gasteiger charge is -2.20. The normalized spacial score (nSPS) is 13.4. The van der Waals surface area contributed by atoms with Crippen molar-refractivity contribution in [1.82, 2.24) is 10.0 Å². The number of carbonyl (C=O) groups excluding carboxylic acids is 2. The molecule has 2 aromatic rings. The summed E-state index contributed by atoms with van der Waals surface area (Å²) in [5.41, 5.74) is 1.40. The molecule has 0 radical (unpaired) electrons. The predicted octanol–water partition coefficient (Wildman–Crippen LogP) is 1.39. The third-order valence-corrected chi connectivity index (χ3v) is 5.39. The van der Waals surface area contributed by atoms with E-state index in [1.54, 1.807) is 54.6 Å². The highest BCUT2D eigenvalue weighted by Gasteiger charge is 2.27. The zero-order valence-electron chi connectivity index (χ0n) is 15.8. The molecule has 0 aliphatic rings. The van der Waals surface area contributed by atoms with Gasteiger partial charge in [-0.15, -0.1) is 0 Å². The van der Waals surface area contributed by atoms with Crippen molar-refractivity contribution in [3.05, 3.63) is 71.8 Å². The molecular weight excluding hydrogens is 380 g/mol. The Kier molecular flexibility index (Phi) is 7.71. The minimum Gasteiger partial charge on any atom is -0.467 e. The molecule has 0 heterocycles. The molecule has 1 amide bonds. The number of carbonyl (C=O) groups is 2. The van der Waals surface area contributed by atoms with Crippen LogP contribution in [0.15, 0.2) is 60.7 Å². The van der Waals surface area contributed by atoms with E-state index in [0.29, 0.717) is 5.56 Å². The molecule has 0 bridgehead atoms. The number of benzene rings is 2. The second-order valence-corrected chi connectivity index (χ2v) is 8.11. The first-order chi connectivity index (χ1) is 13.3. The van der Waals surface area contributed by atoms with Crippen LogP contribution >= 0.6 is 0 Å². The molecule has 2 aromatic carbocycles. The number of rotatable bonds is 9. The number of sulfonamides is 1. The fraction of sp³-hybridized carbons (Fsp3) is 0.300. The lowest BCUT2D eigenvalue weighted by molar-refractivity contribution is -0.144. The van der Waals surface area contributed by atoms with E-state index in [1.165, 1.54) is 14.0 Å². The maximum atomic E-state index is 12.7. The number of hydrogen-bond acceptors (Lipinski definition) is 5. The second-order valence-electron chi connectivity index (χ2n) is 6.36. The van der Waals surface area contributed by atoms with Gasteiger partial charge in [0.1, 0.15) is 12.1 Å². The Labute approximate surface area is 165 Å². The van der Waals surface area contributed by atoms with Crippen molar-refractivity contribution in [2.75, 3.05) is 7.11 Å². The van der Waals surface area contributed by atoms with E-state index in [1.807, 2.05) is 6.07 Å². The summed E-state index contributed by atoms with van der Waals surface area (Å²) in [6.07, 6.45) is 0.147. The van der Waals surface area contributed by atoms with Gasteiger partial charge in [-0.3, -0.25) is 4.79 Å². The van der Waals surface area contributed by atoms with Gasteiger partial charge in [0.05, 0.1) is 12.9 Å². The summed E-state index contributed by atoms with van der Waals surface area (Å²) < 4.78 is 32.3. The topological polar surface area (TPSA) is 102 Å². The number of ether oxygens (including phenoxy) is 1. The van der Waals surface area contributed by atoms with E-state index >= 15 is 0 Å². The van der Waals surface area contributed by atoms with Gasteiger partial charge in [-0.25, -0.2) is 17.9 Å². The molecule has 0 saturated carbocycles. The summed E-state index contributed by atoms with van der Waals surface area (Å²) in [6.45, 7) is 1.47. The molecule has 0 fully saturated rings. The van der Waals surface area contributed by atoms with Crippen LogP contribution in [0.5, 0.6) is 0 Å². The summed E-state index contributed by atoms with van der Waals surface area (Å²) in [5, 5.41) is 2.50. The largest absolute Gasteiger partial charge is 0.467 e. The Bertz CT molecular complexity index is 885. The number of hydrogen-bond donors (Lipinski definition) is 2. The molecular formula is C20H24N2O5S. The van der Waals surface area contributed by atoms with E-state index in [9.17, 15) is 18.0 Å². The van der Waals surface area contributed by atoms with Gasteiger partial charge in [-0.2, -0.15) is 0 Å². The van der Waals surface area contributed by atoms with Crippen molar-refractivity contribution in [2.24, 2.45) is 0 Å². The fourth-order valence-corrected chi connectivity index (χ4v) is 3.98. The molecule has 0 saturated heterocycles. The van der Waals surface area contributed by atoms with Crippen molar-refractivity contribution in [2.45, 2.75) is 31.2 Å². The van der Waals surface area contributed by atoms with Crippen molar-refractivity contribution < 1.29 is 22.7 Å². The number of amides is 1. The molecule has 2 atom stereocenters. The first kappa shape index (κ1) is 21.6. The second kappa shape index (κ2) is 10.0. The number of nitrogens with one attached hydrogen (secondary N) is 2. The maximum Gasteiger partial charge on any atom is 0.328 e. The zero-order chi connectivity index (χ0) is 20.6. The highest BCUT2D eigenvalue weighted by Crippen LogP contribution is 2.09. The summed E-state index contributed by atoms with van der Waals surface area (Å²) in [5.74, 6) is -1.46. The van der Waals surface area contributed by atoms with Crippen LogP contribution in [-0.2, 0) is 36.5 Å². The van der Waals surface area contributed by atoms with E-state index in [-0.39, 0.29) is 12.2 Å². The average Bonchev–Trinajstić information content (AvgIpc) is 2.67. The van der Waals surface area contributed by atoms with Crippen LogP contribution in [0.3, 0.4) is 0 Å². The van der Waals surface area contributed by atoms with Gasteiger partial charge in [-0.1, -0.05) is 60.7 Å². The summed E-state index contributed by atoms with van der Waals surface area (Å²) in [6, 6.07) is 15.8. The highest BCUT2D eigenvalue weighted by atomic mass is 32.2. The summed E-state index contributed by atoms with van der Waals surface area (Å²) in [7, 11) is -2.57. The third kappa shape index (κ3) is 6.79. The first-order valence-electron chi connectivity index (χ1n) is 8.77. The fourth-order valence-electron chi connectivity index (χ4n) is 2.64. The van der Waals surface area contributed by atoms with Gasteiger partial charge in [0.15, 0.2) is 0 Å². The van der Waals surface area contributed by atoms with E-state index in [4.69, 9.17) is 0 Å². The minimum absolute atomic E-state index is 0.147. The monoisotopic (exact) mass is 404 g/mol. The van der Waals surface area contributed by atoms with Gasteiger partial charge in [0.2, 0.25) is 15.9 Å². The molecule has 0 unspecified atom stereocenters. The van der Waals surface area contributed by atoms with Crippen LogP contribution in [0.2, 0.25) is 0 Å². The quantitative estimate of drug-likeness (QED) is 0.615. The van der Waals surface area contributed by atoms with Gasteiger partial charge in [-0.05, 0) is 24.5 Å². The predicted molar refractivity (Wildman–Crippen MR) is 106 cm³/mol. The van der Waals surface area contributed by atoms with Crippen LogP contribution in [0, 0.1) is 0 Å².